The Morgan fingerprint density at radius 2 is 2.08 bits per heavy atom. The van der Waals surface area contributed by atoms with E-state index in [4.69, 9.17) is 4.74 Å². The quantitative estimate of drug-likeness (QED) is 0.902. The van der Waals surface area contributed by atoms with Crippen LogP contribution in [0.3, 0.4) is 0 Å². The first-order chi connectivity index (χ1) is 12.2. The van der Waals surface area contributed by atoms with Crippen molar-refractivity contribution in [3.05, 3.63) is 48.2 Å². The maximum atomic E-state index is 13.3. The Balaban J connectivity index is 1.70. The molecular weight excluding hydrogens is 323 g/mol. The van der Waals surface area contributed by atoms with Crippen molar-refractivity contribution in [1.82, 2.24) is 20.2 Å². The van der Waals surface area contributed by atoms with Crippen LogP contribution in [0.1, 0.15) is 24.5 Å². The molecule has 7 heteroatoms. The van der Waals surface area contributed by atoms with Crippen LogP contribution in [0.25, 0.3) is 0 Å². The van der Waals surface area contributed by atoms with Gasteiger partial charge in [-0.3, -0.25) is 9.78 Å². The number of nitrogens with one attached hydrogen (secondary N) is 1. The second-order valence-electron chi connectivity index (χ2n) is 5.99. The van der Waals surface area contributed by atoms with E-state index in [1.807, 2.05) is 4.90 Å². The zero-order valence-electron chi connectivity index (χ0n) is 14.1. The molecule has 6 nitrogen and oxygen atoms in total. The average Bonchev–Trinajstić information content (AvgIpc) is 2.63. The molecule has 2 heterocycles. The van der Waals surface area contributed by atoms with Crippen molar-refractivity contribution in [2.24, 2.45) is 0 Å². The summed E-state index contributed by atoms with van der Waals surface area (Å²) in [7, 11) is 1.76. The Labute approximate surface area is 146 Å². The van der Waals surface area contributed by atoms with Crippen molar-refractivity contribution in [3.8, 4) is 11.6 Å². The van der Waals surface area contributed by atoms with E-state index in [0.717, 1.165) is 18.5 Å². The lowest BCUT2D eigenvalue weighted by Gasteiger charge is -2.32. The van der Waals surface area contributed by atoms with Gasteiger partial charge in [-0.05, 0) is 32.0 Å². The van der Waals surface area contributed by atoms with Crippen molar-refractivity contribution in [1.29, 1.82) is 0 Å². The Kier molecular flexibility index (Phi) is 5.55. The molecule has 1 saturated heterocycles. The highest BCUT2D eigenvalue weighted by molar-refractivity contribution is 5.78. The number of benzene rings is 1. The summed E-state index contributed by atoms with van der Waals surface area (Å²) in [6, 6.07) is 5.95. The molecule has 2 aromatic rings. The first kappa shape index (κ1) is 17.3. The van der Waals surface area contributed by atoms with E-state index >= 15 is 0 Å². The van der Waals surface area contributed by atoms with Gasteiger partial charge >= 0.3 is 0 Å². The molecule has 0 spiro atoms. The summed E-state index contributed by atoms with van der Waals surface area (Å²) < 4.78 is 19.1. The monoisotopic (exact) mass is 344 g/mol. The minimum Gasteiger partial charge on any atom is -0.437 e. The number of likely N-dealkylation sites (N-methyl/N-ethyl adjacent to an activating group) is 1. The third kappa shape index (κ3) is 4.30. The zero-order valence-corrected chi connectivity index (χ0v) is 14.1. The van der Waals surface area contributed by atoms with Crippen LogP contribution >= 0.6 is 0 Å². The predicted molar refractivity (Wildman–Crippen MR) is 91.0 cm³/mol. The minimum absolute atomic E-state index is 0.108. The first-order valence-corrected chi connectivity index (χ1v) is 8.34. The van der Waals surface area contributed by atoms with Crippen LogP contribution in [-0.4, -0.2) is 47.5 Å². The van der Waals surface area contributed by atoms with Gasteiger partial charge in [0.25, 0.3) is 0 Å². The van der Waals surface area contributed by atoms with Crippen LogP contribution in [0.15, 0.2) is 36.7 Å². The largest absolute Gasteiger partial charge is 0.437 e. The highest BCUT2D eigenvalue weighted by Gasteiger charge is 2.27. The second-order valence-corrected chi connectivity index (χ2v) is 5.99. The van der Waals surface area contributed by atoms with Crippen LogP contribution < -0.4 is 10.1 Å². The van der Waals surface area contributed by atoms with Gasteiger partial charge in [-0.1, -0.05) is 6.07 Å². The summed E-state index contributed by atoms with van der Waals surface area (Å²) in [4.78, 5) is 22.5. The third-order valence-corrected chi connectivity index (χ3v) is 4.26. The first-order valence-electron chi connectivity index (χ1n) is 8.34. The summed E-state index contributed by atoms with van der Waals surface area (Å²) in [5.74, 6) is 0.697. The van der Waals surface area contributed by atoms with Gasteiger partial charge in [0.05, 0.1) is 6.54 Å². The highest BCUT2D eigenvalue weighted by Crippen LogP contribution is 2.33. The summed E-state index contributed by atoms with van der Waals surface area (Å²) in [5.41, 5.74) is 0.757. The number of carbonyl (C=O) groups is 1. The number of halogens is 1. The number of carbonyl (C=O) groups excluding carboxylic acids is 1. The lowest BCUT2D eigenvalue weighted by molar-refractivity contribution is -0.131. The summed E-state index contributed by atoms with van der Waals surface area (Å²) >= 11 is 0. The second kappa shape index (κ2) is 8.02. The third-order valence-electron chi connectivity index (χ3n) is 4.26. The van der Waals surface area contributed by atoms with Gasteiger partial charge in [-0.2, -0.15) is 0 Å². The molecule has 1 amide bonds. The zero-order chi connectivity index (χ0) is 17.6. The number of amides is 1. The Bertz CT molecular complexity index is 733. The van der Waals surface area contributed by atoms with Gasteiger partial charge in [0, 0.05) is 37.5 Å². The maximum absolute atomic E-state index is 13.3. The van der Waals surface area contributed by atoms with Gasteiger partial charge in [0.1, 0.15) is 17.3 Å². The maximum Gasteiger partial charge on any atom is 0.241 e. The lowest BCUT2D eigenvalue weighted by atomic mass is 9.93. The number of piperidine rings is 1. The van der Waals surface area contributed by atoms with E-state index in [1.165, 1.54) is 12.1 Å². The fourth-order valence-corrected chi connectivity index (χ4v) is 3.00. The van der Waals surface area contributed by atoms with Gasteiger partial charge in [-0.25, -0.2) is 9.37 Å². The number of hydrogen-bond acceptors (Lipinski definition) is 5. The molecule has 1 N–H and O–H groups in total. The SMILES string of the molecule is CNCC(=O)N1CCC(c2nccnc2Oc2cccc(F)c2)CC1. The Morgan fingerprint density at radius 1 is 1.32 bits per heavy atom. The molecule has 0 atom stereocenters. The molecule has 1 aromatic carbocycles. The molecule has 132 valence electrons. The molecule has 0 unspecified atom stereocenters. The minimum atomic E-state index is -0.362. The van der Waals surface area contributed by atoms with Gasteiger partial charge in [0.15, 0.2) is 0 Å². The summed E-state index contributed by atoms with van der Waals surface area (Å²) in [6.45, 7) is 1.71. The number of rotatable bonds is 5. The highest BCUT2D eigenvalue weighted by atomic mass is 19.1. The molecule has 0 bridgehead atoms. The number of ether oxygens (including phenoxy) is 1. The normalized spacial score (nSPS) is 15.2. The van der Waals surface area contributed by atoms with Crippen molar-refractivity contribution in [3.63, 3.8) is 0 Å². The van der Waals surface area contributed by atoms with Gasteiger partial charge < -0.3 is 15.0 Å². The number of hydrogen-bond donors (Lipinski definition) is 1. The van der Waals surface area contributed by atoms with Crippen LogP contribution in [0, 0.1) is 5.82 Å². The van der Waals surface area contributed by atoms with Crippen molar-refractivity contribution >= 4 is 5.91 Å². The van der Waals surface area contributed by atoms with E-state index < -0.39 is 0 Å². The Morgan fingerprint density at radius 3 is 2.80 bits per heavy atom. The van der Waals surface area contributed by atoms with Crippen LogP contribution in [0.5, 0.6) is 11.6 Å². The summed E-state index contributed by atoms with van der Waals surface area (Å²) in [5, 5.41) is 2.88. The van der Waals surface area contributed by atoms with Crippen molar-refractivity contribution in [2.75, 3.05) is 26.7 Å². The number of likely N-dealkylation sites (tertiary alicyclic amines) is 1. The number of aromatic nitrogens is 2. The van der Waals surface area contributed by atoms with E-state index in [1.54, 1.807) is 31.6 Å². The van der Waals surface area contributed by atoms with Gasteiger partial charge in [0.2, 0.25) is 11.8 Å². The molecule has 0 radical (unpaired) electrons. The van der Waals surface area contributed by atoms with Crippen molar-refractivity contribution in [2.45, 2.75) is 18.8 Å². The van der Waals surface area contributed by atoms with Crippen LogP contribution in [0.4, 0.5) is 4.39 Å². The van der Waals surface area contributed by atoms with E-state index in [9.17, 15) is 9.18 Å². The van der Waals surface area contributed by atoms with Crippen LogP contribution in [-0.2, 0) is 4.79 Å². The topological polar surface area (TPSA) is 67.4 Å². The summed E-state index contributed by atoms with van der Waals surface area (Å²) in [6.07, 6.45) is 4.79. The average molecular weight is 344 g/mol. The molecule has 1 aliphatic heterocycles. The molecular formula is C18H21FN4O2. The van der Waals surface area contributed by atoms with Gasteiger partial charge in [-0.15, -0.1) is 0 Å². The fraction of sp³-hybridized carbons (Fsp3) is 0.389. The van der Waals surface area contributed by atoms with E-state index in [2.05, 4.69) is 15.3 Å². The molecule has 0 saturated carbocycles. The standard InChI is InChI=1S/C18H21FN4O2/c1-20-12-16(24)23-9-5-13(6-10-23)17-18(22-8-7-21-17)25-15-4-2-3-14(19)11-15/h2-4,7-8,11,13,20H,5-6,9-10,12H2,1H3. The van der Waals surface area contributed by atoms with Crippen LogP contribution in [0.2, 0.25) is 0 Å². The molecule has 1 aromatic heterocycles. The molecule has 1 aliphatic rings. The number of nitrogens with zero attached hydrogens (tertiary/aromatic N) is 3. The van der Waals surface area contributed by atoms with E-state index in [0.29, 0.717) is 31.3 Å². The van der Waals surface area contributed by atoms with E-state index in [-0.39, 0.29) is 17.6 Å². The Hall–Kier alpha value is -2.54. The molecule has 3 rings (SSSR count). The fourth-order valence-electron chi connectivity index (χ4n) is 3.00. The smallest absolute Gasteiger partial charge is 0.241 e. The lowest BCUT2D eigenvalue weighted by Crippen LogP contribution is -2.42. The predicted octanol–water partition coefficient (Wildman–Crippen LogP) is 2.33. The molecule has 25 heavy (non-hydrogen) atoms. The molecule has 0 aliphatic carbocycles. The van der Waals surface area contributed by atoms with Crippen molar-refractivity contribution < 1.29 is 13.9 Å². The molecule has 1 fully saturated rings.